The molecule has 1 aromatic rings. The normalized spacial score (nSPS) is 23.0. The Kier molecular flexibility index (Phi) is 4.43. The summed E-state index contributed by atoms with van der Waals surface area (Å²) in [6, 6.07) is 7.96. The van der Waals surface area contributed by atoms with Crippen LogP contribution in [0.15, 0.2) is 24.3 Å². The third-order valence-corrected chi connectivity index (χ3v) is 3.94. The molecule has 4 heteroatoms. The van der Waals surface area contributed by atoms with E-state index in [4.69, 9.17) is 10.5 Å². The molecule has 1 fully saturated rings. The molecular weight excluding hydrogens is 240 g/mol. The molecule has 1 amide bonds. The first kappa shape index (κ1) is 13.9. The van der Waals surface area contributed by atoms with Crippen molar-refractivity contribution in [3.63, 3.8) is 0 Å². The van der Waals surface area contributed by atoms with Crippen LogP contribution in [0.1, 0.15) is 31.2 Å². The van der Waals surface area contributed by atoms with Gasteiger partial charge >= 0.3 is 0 Å². The van der Waals surface area contributed by atoms with E-state index < -0.39 is 5.54 Å². The van der Waals surface area contributed by atoms with Gasteiger partial charge in [-0.1, -0.05) is 12.1 Å². The molecule has 0 radical (unpaired) electrons. The van der Waals surface area contributed by atoms with Gasteiger partial charge in [-0.2, -0.15) is 0 Å². The second-order valence-corrected chi connectivity index (χ2v) is 5.18. The van der Waals surface area contributed by atoms with E-state index in [-0.39, 0.29) is 5.91 Å². The predicted octanol–water partition coefficient (Wildman–Crippen LogP) is 1.63. The van der Waals surface area contributed by atoms with Gasteiger partial charge in [-0.25, -0.2) is 0 Å². The number of nitrogens with one attached hydrogen (secondary N) is 1. The molecule has 0 bridgehead atoms. The summed E-state index contributed by atoms with van der Waals surface area (Å²) >= 11 is 0. The average molecular weight is 262 g/mol. The van der Waals surface area contributed by atoms with Gasteiger partial charge in [0.25, 0.3) is 0 Å². The van der Waals surface area contributed by atoms with Gasteiger partial charge in [0.2, 0.25) is 5.91 Å². The molecule has 0 spiro atoms. The number of ether oxygens (including phenoxy) is 1. The Bertz CT molecular complexity index is 440. The number of piperidine rings is 1. The van der Waals surface area contributed by atoms with Crippen molar-refractivity contribution in [2.45, 2.75) is 37.6 Å². The Morgan fingerprint density at radius 1 is 1.47 bits per heavy atom. The van der Waals surface area contributed by atoms with Gasteiger partial charge in [0.1, 0.15) is 5.75 Å². The van der Waals surface area contributed by atoms with Gasteiger partial charge in [-0.05, 0) is 56.3 Å². The van der Waals surface area contributed by atoms with Crippen LogP contribution in [0, 0.1) is 0 Å². The molecular formula is C15H22N2O2. The summed E-state index contributed by atoms with van der Waals surface area (Å²) in [5, 5.41) is 3.33. The van der Waals surface area contributed by atoms with Crippen LogP contribution in [0.4, 0.5) is 0 Å². The van der Waals surface area contributed by atoms with Crippen molar-refractivity contribution in [2.24, 2.45) is 5.73 Å². The van der Waals surface area contributed by atoms with Crippen molar-refractivity contribution in [1.29, 1.82) is 0 Å². The largest absolute Gasteiger partial charge is 0.497 e. The predicted molar refractivity (Wildman–Crippen MR) is 75.1 cm³/mol. The highest BCUT2D eigenvalue weighted by Gasteiger charge is 2.36. The van der Waals surface area contributed by atoms with E-state index in [1.165, 1.54) is 5.56 Å². The van der Waals surface area contributed by atoms with Gasteiger partial charge in [0.05, 0.1) is 12.6 Å². The van der Waals surface area contributed by atoms with Crippen molar-refractivity contribution in [2.75, 3.05) is 13.7 Å². The molecule has 4 nitrogen and oxygen atoms in total. The first-order valence-corrected chi connectivity index (χ1v) is 6.84. The smallest absolute Gasteiger partial charge is 0.237 e. The third kappa shape index (κ3) is 3.26. The highest BCUT2D eigenvalue weighted by atomic mass is 16.5. The molecule has 1 atom stereocenters. The standard InChI is InChI=1S/C15H22N2O2/c1-19-13-6-4-5-12(11-13)7-9-15(14(16)18)8-2-3-10-17-15/h4-6,11,17H,2-3,7-10H2,1H3,(H2,16,18). The maximum atomic E-state index is 11.8. The molecule has 2 rings (SSSR count). The minimum atomic E-state index is -0.526. The van der Waals surface area contributed by atoms with E-state index in [1.54, 1.807) is 7.11 Å². The fourth-order valence-electron chi connectivity index (χ4n) is 2.70. The zero-order valence-corrected chi connectivity index (χ0v) is 11.4. The Morgan fingerprint density at radius 3 is 2.95 bits per heavy atom. The van der Waals surface area contributed by atoms with Crippen LogP contribution >= 0.6 is 0 Å². The van der Waals surface area contributed by atoms with Gasteiger partial charge in [0, 0.05) is 0 Å². The number of amides is 1. The van der Waals surface area contributed by atoms with Crippen LogP contribution in [-0.4, -0.2) is 25.1 Å². The molecule has 1 aliphatic heterocycles. The summed E-state index contributed by atoms with van der Waals surface area (Å²) < 4.78 is 5.21. The zero-order chi connectivity index (χ0) is 13.7. The van der Waals surface area contributed by atoms with Gasteiger partial charge in [-0.3, -0.25) is 4.79 Å². The fraction of sp³-hybridized carbons (Fsp3) is 0.533. The van der Waals surface area contributed by atoms with E-state index in [0.29, 0.717) is 0 Å². The van der Waals surface area contributed by atoms with E-state index >= 15 is 0 Å². The lowest BCUT2D eigenvalue weighted by Gasteiger charge is -2.35. The first-order valence-electron chi connectivity index (χ1n) is 6.84. The Hall–Kier alpha value is -1.55. The van der Waals surface area contributed by atoms with Crippen LogP contribution in [0.3, 0.4) is 0 Å². The minimum absolute atomic E-state index is 0.227. The van der Waals surface area contributed by atoms with Crippen LogP contribution < -0.4 is 15.8 Å². The average Bonchev–Trinajstić information content (AvgIpc) is 2.46. The van der Waals surface area contributed by atoms with Crippen molar-refractivity contribution in [1.82, 2.24) is 5.32 Å². The number of methoxy groups -OCH3 is 1. The van der Waals surface area contributed by atoms with Crippen molar-refractivity contribution < 1.29 is 9.53 Å². The number of aryl methyl sites for hydroxylation is 1. The topological polar surface area (TPSA) is 64.3 Å². The monoisotopic (exact) mass is 262 g/mol. The second-order valence-electron chi connectivity index (χ2n) is 5.18. The number of hydrogen-bond acceptors (Lipinski definition) is 3. The highest BCUT2D eigenvalue weighted by Crippen LogP contribution is 2.25. The molecule has 1 aliphatic rings. The zero-order valence-electron chi connectivity index (χ0n) is 11.4. The lowest BCUT2D eigenvalue weighted by molar-refractivity contribution is -0.125. The van der Waals surface area contributed by atoms with E-state index in [9.17, 15) is 4.79 Å². The number of carbonyl (C=O) groups is 1. The Balaban J connectivity index is 2.04. The number of primary amides is 1. The molecule has 104 valence electrons. The molecule has 0 aromatic heterocycles. The van der Waals surface area contributed by atoms with Crippen LogP contribution in [0.2, 0.25) is 0 Å². The first-order chi connectivity index (χ1) is 9.16. The molecule has 1 heterocycles. The summed E-state index contributed by atoms with van der Waals surface area (Å²) in [5.41, 5.74) is 6.24. The third-order valence-electron chi connectivity index (χ3n) is 3.94. The van der Waals surface area contributed by atoms with Crippen molar-refractivity contribution >= 4 is 5.91 Å². The molecule has 19 heavy (non-hydrogen) atoms. The van der Waals surface area contributed by atoms with Crippen LogP contribution in [0.5, 0.6) is 5.75 Å². The summed E-state index contributed by atoms with van der Waals surface area (Å²) in [6.07, 6.45) is 4.59. The molecule has 0 aliphatic carbocycles. The van der Waals surface area contributed by atoms with Crippen LogP contribution in [0.25, 0.3) is 0 Å². The maximum Gasteiger partial charge on any atom is 0.237 e. The molecule has 1 aromatic carbocycles. The maximum absolute atomic E-state index is 11.8. The minimum Gasteiger partial charge on any atom is -0.497 e. The van der Waals surface area contributed by atoms with Crippen LogP contribution in [-0.2, 0) is 11.2 Å². The lowest BCUT2D eigenvalue weighted by Crippen LogP contribution is -2.57. The molecule has 1 unspecified atom stereocenters. The number of nitrogens with two attached hydrogens (primary N) is 1. The number of benzene rings is 1. The van der Waals surface area contributed by atoms with Crippen molar-refractivity contribution in [3.05, 3.63) is 29.8 Å². The lowest BCUT2D eigenvalue weighted by atomic mass is 9.83. The number of rotatable bonds is 5. The molecule has 3 N–H and O–H groups in total. The SMILES string of the molecule is COc1cccc(CCC2(C(N)=O)CCCCN2)c1. The molecule has 1 saturated heterocycles. The fourth-order valence-corrected chi connectivity index (χ4v) is 2.70. The second kappa shape index (κ2) is 6.06. The molecule has 0 saturated carbocycles. The van der Waals surface area contributed by atoms with E-state index in [2.05, 4.69) is 11.4 Å². The number of carbonyl (C=O) groups excluding carboxylic acids is 1. The summed E-state index contributed by atoms with van der Waals surface area (Å²) in [7, 11) is 1.66. The summed E-state index contributed by atoms with van der Waals surface area (Å²) in [5.74, 6) is 0.623. The van der Waals surface area contributed by atoms with Gasteiger partial charge in [-0.15, -0.1) is 0 Å². The Morgan fingerprint density at radius 2 is 2.32 bits per heavy atom. The van der Waals surface area contributed by atoms with Gasteiger partial charge in [0.15, 0.2) is 0 Å². The van der Waals surface area contributed by atoms with E-state index in [0.717, 1.165) is 44.4 Å². The quantitative estimate of drug-likeness (QED) is 0.847. The van der Waals surface area contributed by atoms with E-state index in [1.807, 2.05) is 18.2 Å². The van der Waals surface area contributed by atoms with Gasteiger partial charge < -0.3 is 15.8 Å². The Labute approximate surface area is 114 Å². The highest BCUT2D eigenvalue weighted by molar-refractivity contribution is 5.84. The summed E-state index contributed by atoms with van der Waals surface area (Å²) in [6.45, 7) is 0.876. The number of hydrogen-bond donors (Lipinski definition) is 2. The van der Waals surface area contributed by atoms with Crippen molar-refractivity contribution in [3.8, 4) is 5.75 Å². The summed E-state index contributed by atoms with van der Waals surface area (Å²) in [4.78, 5) is 11.8.